The average Bonchev–Trinajstić information content (AvgIpc) is 2.38. The van der Waals surface area contributed by atoms with Crippen molar-refractivity contribution >= 4 is 33.5 Å². The molecule has 0 unspecified atom stereocenters. The van der Waals surface area contributed by atoms with Crippen LogP contribution in [0.1, 0.15) is 15.9 Å². The SMILES string of the molecule is CNc1ncc(Br)cc1C(=O)Nc1cc(C)ccn1. The molecule has 0 radical (unpaired) electrons. The van der Waals surface area contributed by atoms with Crippen LogP contribution in [-0.4, -0.2) is 22.9 Å². The molecule has 0 aliphatic rings. The minimum Gasteiger partial charge on any atom is -0.372 e. The molecule has 0 bridgehead atoms. The molecule has 19 heavy (non-hydrogen) atoms. The minimum atomic E-state index is -0.253. The normalized spacial score (nSPS) is 10.1. The van der Waals surface area contributed by atoms with Crippen molar-refractivity contribution < 1.29 is 4.79 Å². The fourth-order valence-electron chi connectivity index (χ4n) is 1.60. The Labute approximate surface area is 119 Å². The molecule has 0 spiro atoms. The van der Waals surface area contributed by atoms with E-state index >= 15 is 0 Å². The van der Waals surface area contributed by atoms with E-state index in [-0.39, 0.29) is 5.91 Å². The number of hydrogen-bond donors (Lipinski definition) is 2. The predicted molar refractivity (Wildman–Crippen MR) is 78.4 cm³/mol. The van der Waals surface area contributed by atoms with E-state index in [2.05, 4.69) is 36.5 Å². The Bertz CT molecular complexity index is 615. The van der Waals surface area contributed by atoms with Crippen LogP contribution in [0, 0.1) is 6.92 Å². The van der Waals surface area contributed by atoms with Gasteiger partial charge in [0.1, 0.15) is 11.6 Å². The summed E-state index contributed by atoms with van der Waals surface area (Å²) in [4.78, 5) is 20.4. The van der Waals surface area contributed by atoms with E-state index in [1.54, 1.807) is 25.5 Å². The Morgan fingerprint density at radius 3 is 2.79 bits per heavy atom. The number of pyridine rings is 2. The zero-order valence-electron chi connectivity index (χ0n) is 10.6. The van der Waals surface area contributed by atoms with E-state index in [0.717, 1.165) is 10.0 Å². The second-order valence-corrected chi connectivity index (χ2v) is 4.89. The topological polar surface area (TPSA) is 66.9 Å². The molecule has 0 fully saturated rings. The number of halogens is 1. The molecule has 0 saturated heterocycles. The Morgan fingerprint density at radius 2 is 2.11 bits per heavy atom. The van der Waals surface area contributed by atoms with Gasteiger partial charge in [0.05, 0.1) is 5.56 Å². The van der Waals surface area contributed by atoms with E-state index < -0.39 is 0 Å². The van der Waals surface area contributed by atoms with Crippen LogP contribution in [0.4, 0.5) is 11.6 Å². The summed E-state index contributed by atoms with van der Waals surface area (Å²) in [5, 5.41) is 5.64. The van der Waals surface area contributed by atoms with Crippen molar-refractivity contribution in [2.45, 2.75) is 6.92 Å². The number of rotatable bonds is 3. The number of hydrogen-bond acceptors (Lipinski definition) is 4. The van der Waals surface area contributed by atoms with Gasteiger partial charge < -0.3 is 10.6 Å². The molecule has 6 heteroatoms. The fourth-order valence-corrected chi connectivity index (χ4v) is 1.93. The van der Waals surface area contributed by atoms with Gasteiger partial charge >= 0.3 is 0 Å². The summed E-state index contributed by atoms with van der Waals surface area (Å²) in [7, 11) is 1.72. The van der Waals surface area contributed by atoms with Gasteiger partial charge in [-0.25, -0.2) is 9.97 Å². The Balaban J connectivity index is 2.27. The quantitative estimate of drug-likeness (QED) is 0.912. The monoisotopic (exact) mass is 320 g/mol. The molecule has 5 nitrogen and oxygen atoms in total. The van der Waals surface area contributed by atoms with Gasteiger partial charge in [0.2, 0.25) is 0 Å². The Hall–Kier alpha value is -1.95. The smallest absolute Gasteiger partial charge is 0.260 e. The summed E-state index contributed by atoms with van der Waals surface area (Å²) in [6.45, 7) is 1.94. The molecule has 2 aromatic rings. The predicted octanol–water partition coefficient (Wildman–Crippen LogP) is 2.84. The molecular formula is C13H13BrN4O. The minimum absolute atomic E-state index is 0.253. The standard InChI is InChI=1S/C13H13BrN4O/c1-8-3-4-16-11(5-8)18-13(19)10-6-9(14)7-17-12(10)15-2/h3-7H,1-2H3,(H,15,17)(H,16,18,19). The molecule has 2 rings (SSSR count). The highest BCUT2D eigenvalue weighted by Crippen LogP contribution is 2.19. The Morgan fingerprint density at radius 1 is 1.32 bits per heavy atom. The molecular weight excluding hydrogens is 308 g/mol. The van der Waals surface area contributed by atoms with Crippen molar-refractivity contribution in [3.63, 3.8) is 0 Å². The van der Waals surface area contributed by atoms with Gasteiger partial charge in [-0.1, -0.05) is 0 Å². The fraction of sp³-hybridized carbons (Fsp3) is 0.154. The maximum absolute atomic E-state index is 12.2. The largest absolute Gasteiger partial charge is 0.372 e. The molecule has 1 amide bonds. The van der Waals surface area contributed by atoms with Crippen molar-refractivity contribution in [1.82, 2.24) is 9.97 Å². The van der Waals surface area contributed by atoms with Gasteiger partial charge in [-0.3, -0.25) is 4.79 Å². The number of amides is 1. The van der Waals surface area contributed by atoms with Crippen LogP contribution in [0.25, 0.3) is 0 Å². The number of aryl methyl sites for hydroxylation is 1. The van der Waals surface area contributed by atoms with Crippen LogP contribution in [0.2, 0.25) is 0 Å². The first kappa shape index (κ1) is 13.5. The summed E-state index contributed by atoms with van der Waals surface area (Å²) in [5.41, 5.74) is 1.49. The number of aromatic nitrogens is 2. The highest BCUT2D eigenvalue weighted by atomic mass is 79.9. The molecule has 98 valence electrons. The van der Waals surface area contributed by atoms with Gasteiger partial charge in [0.15, 0.2) is 0 Å². The van der Waals surface area contributed by atoms with Crippen LogP contribution in [0.5, 0.6) is 0 Å². The summed E-state index contributed by atoms with van der Waals surface area (Å²) in [5.74, 6) is 0.789. The average molecular weight is 321 g/mol. The summed E-state index contributed by atoms with van der Waals surface area (Å²) in [6.07, 6.45) is 3.29. The molecule has 2 N–H and O–H groups in total. The van der Waals surface area contributed by atoms with Crippen molar-refractivity contribution in [3.8, 4) is 0 Å². The molecule has 0 atom stereocenters. The third-order valence-electron chi connectivity index (χ3n) is 2.49. The first-order valence-electron chi connectivity index (χ1n) is 5.67. The molecule has 2 aromatic heterocycles. The van der Waals surface area contributed by atoms with Crippen molar-refractivity contribution in [2.75, 3.05) is 17.7 Å². The van der Waals surface area contributed by atoms with Gasteiger partial charge in [0.25, 0.3) is 5.91 Å². The van der Waals surface area contributed by atoms with Gasteiger partial charge in [-0.15, -0.1) is 0 Å². The van der Waals surface area contributed by atoms with Crippen LogP contribution < -0.4 is 10.6 Å². The third-order valence-corrected chi connectivity index (χ3v) is 2.93. The number of carbonyl (C=O) groups is 1. The van der Waals surface area contributed by atoms with Crippen LogP contribution in [0.15, 0.2) is 35.1 Å². The third kappa shape index (κ3) is 3.29. The van der Waals surface area contributed by atoms with Crippen molar-refractivity contribution in [3.05, 3.63) is 46.2 Å². The molecule has 0 aliphatic heterocycles. The highest BCUT2D eigenvalue weighted by Gasteiger charge is 2.13. The highest BCUT2D eigenvalue weighted by molar-refractivity contribution is 9.10. The lowest BCUT2D eigenvalue weighted by atomic mass is 10.2. The van der Waals surface area contributed by atoms with Crippen LogP contribution in [-0.2, 0) is 0 Å². The van der Waals surface area contributed by atoms with Crippen molar-refractivity contribution in [1.29, 1.82) is 0 Å². The van der Waals surface area contributed by atoms with Crippen LogP contribution >= 0.6 is 15.9 Å². The maximum atomic E-state index is 12.2. The number of nitrogens with zero attached hydrogens (tertiary/aromatic N) is 2. The molecule has 0 saturated carbocycles. The lowest BCUT2D eigenvalue weighted by molar-refractivity contribution is 0.102. The number of anilines is 2. The van der Waals surface area contributed by atoms with Gasteiger partial charge in [-0.2, -0.15) is 0 Å². The lowest BCUT2D eigenvalue weighted by Gasteiger charge is -2.09. The van der Waals surface area contributed by atoms with Crippen LogP contribution in [0.3, 0.4) is 0 Å². The zero-order chi connectivity index (χ0) is 13.8. The second-order valence-electron chi connectivity index (χ2n) is 3.97. The number of carbonyl (C=O) groups excluding carboxylic acids is 1. The van der Waals surface area contributed by atoms with E-state index in [1.165, 1.54) is 0 Å². The number of nitrogens with one attached hydrogen (secondary N) is 2. The first-order chi connectivity index (χ1) is 9.10. The van der Waals surface area contributed by atoms with E-state index in [9.17, 15) is 4.79 Å². The summed E-state index contributed by atoms with van der Waals surface area (Å²) >= 11 is 3.30. The molecule has 2 heterocycles. The first-order valence-corrected chi connectivity index (χ1v) is 6.47. The van der Waals surface area contributed by atoms with Crippen molar-refractivity contribution in [2.24, 2.45) is 0 Å². The summed E-state index contributed by atoms with van der Waals surface area (Å²) < 4.78 is 0.744. The molecule has 0 aromatic carbocycles. The lowest BCUT2D eigenvalue weighted by Crippen LogP contribution is -2.15. The Kier molecular flexibility index (Phi) is 4.11. The maximum Gasteiger partial charge on any atom is 0.260 e. The van der Waals surface area contributed by atoms with Gasteiger partial charge in [0, 0.05) is 23.9 Å². The summed E-state index contributed by atoms with van der Waals surface area (Å²) in [6, 6.07) is 5.39. The van der Waals surface area contributed by atoms with E-state index in [1.807, 2.05) is 19.1 Å². The zero-order valence-corrected chi connectivity index (χ0v) is 12.2. The second kappa shape index (κ2) is 5.79. The molecule has 0 aliphatic carbocycles. The van der Waals surface area contributed by atoms with E-state index in [0.29, 0.717) is 17.2 Å². The van der Waals surface area contributed by atoms with Gasteiger partial charge in [-0.05, 0) is 46.6 Å². The van der Waals surface area contributed by atoms with E-state index in [4.69, 9.17) is 0 Å².